The minimum absolute atomic E-state index is 0.0447. The summed E-state index contributed by atoms with van der Waals surface area (Å²) in [5.74, 6) is -1.12. The van der Waals surface area contributed by atoms with Crippen molar-refractivity contribution >= 4 is 11.8 Å². The highest BCUT2D eigenvalue weighted by Crippen LogP contribution is 2.09. The molecule has 1 aliphatic heterocycles. The van der Waals surface area contributed by atoms with Gasteiger partial charge in [-0.05, 0) is 5.56 Å². The molecule has 2 rings (SSSR count). The molecule has 6 nitrogen and oxygen atoms in total. The summed E-state index contributed by atoms with van der Waals surface area (Å²) in [6.07, 6.45) is 1.54. The molecule has 1 aromatic rings. The number of nitriles is 1. The van der Waals surface area contributed by atoms with Crippen molar-refractivity contribution in [2.75, 3.05) is 26.2 Å². The van der Waals surface area contributed by atoms with Crippen molar-refractivity contribution < 1.29 is 9.59 Å². The zero-order chi connectivity index (χ0) is 16.7. The Balaban J connectivity index is 1.88. The van der Waals surface area contributed by atoms with Gasteiger partial charge in [0.1, 0.15) is 11.6 Å². The van der Waals surface area contributed by atoms with E-state index < -0.39 is 11.8 Å². The average molecular weight is 312 g/mol. The molecule has 0 aliphatic carbocycles. The fraction of sp³-hybridized carbons (Fsp3) is 0.353. The third-order valence-corrected chi connectivity index (χ3v) is 3.62. The van der Waals surface area contributed by atoms with Gasteiger partial charge in [-0.15, -0.1) is 0 Å². The number of nitrogens with one attached hydrogen (secondary N) is 1. The molecule has 0 radical (unpaired) electrons. The summed E-state index contributed by atoms with van der Waals surface area (Å²) in [6.45, 7) is 5.34. The van der Waals surface area contributed by atoms with Gasteiger partial charge >= 0.3 is 0 Å². The van der Waals surface area contributed by atoms with Gasteiger partial charge in [0, 0.05) is 45.8 Å². The summed E-state index contributed by atoms with van der Waals surface area (Å²) in [7, 11) is 0. The van der Waals surface area contributed by atoms with Crippen LogP contribution in [0.1, 0.15) is 12.5 Å². The van der Waals surface area contributed by atoms with E-state index in [1.54, 1.807) is 0 Å². The number of rotatable bonds is 4. The maximum absolute atomic E-state index is 11.7. The molecule has 0 bridgehead atoms. The van der Waals surface area contributed by atoms with Crippen molar-refractivity contribution in [3.63, 3.8) is 0 Å². The van der Waals surface area contributed by atoms with E-state index in [-0.39, 0.29) is 5.57 Å². The van der Waals surface area contributed by atoms with E-state index in [0.717, 1.165) is 32.7 Å². The Kier molecular flexibility index (Phi) is 5.89. The molecule has 0 spiro atoms. The zero-order valence-electron chi connectivity index (χ0n) is 13.2. The monoisotopic (exact) mass is 312 g/mol. The largest absolute Gasteiger partial charge is 0.374 e. The summed E-state index contributed by atoms with van der Waals surface area (Å²) >= 11 is 0. The van der Waals surface area contributed by atoms with Crippen LogP contribution >= 0.6 is 0 Å². The first-order valence-corrected chi connectivity index (χ1v) is 7.52. The molecule has 0 saturated carbocycles. The first-order chi connectivity index (χ1) is 11.1. The van der Waals surface area contributed by atoms with Crippen molar-refractivity contribution in [1.82, 2.24) is 15.1 Å². The van der Waals surface area contributed by atoms with E-state index in [2.05, 4.69) is 22.3 Å². The van der Waals surface area contributed by atoms with Gasteiger partial charge in [-0.1, -0.05) is 30.3 Å². The van der Waals surface area contributed by atoms with Crippen LogP contribution in [0.2, 0.25) is 0 Å². The second-order valence-corrected chi connectivity index (χ2v) is 5.46. The highest BCUT2D eigenvalue weighted by Gasteiger charge is 2.17. The third kappa shape index (κ3) is 5.24. The summed E-state index contributed by atoms with van der Waals surface area (Å²) in [5.41, 5.74) is 1.23. The van der Waals surface area contributed by atoms with Crippen molar-refractivity contribution in [1.29, 1.82) is 5.26 Å². The molecule has 1 saturated heterocycles. The lowest BCUT2D eigenvalue weighted by atomic mass is 10.2. The van der Waals surface area contributed by atoms with Crippen LogP contribution in [0.15, 0.2) is 42.1 Å². The summed E-state index contributed by atoms with van der Waals surface area (Å²) in [4.78, 5) is 26.9. The van der Waals surface area contributed by atoms with E-state index in [9.17, 15) is 9.59 Å². The first kappa shape index (κ1) is 16.7. The summed E-state index contributed by atoms with van der Waals surface area (Å²) in [5, 5.41) is 11.2. The van der Waals surface area contributed by atoms with Crippen LogP contribution < -0.4 is 5.32 Å². The van der Waals surface area contributed by atoms with Gasteiger partial charge < -0.3 is 4.90 Å². The molecule has 23 heavy (non-hydrogen) atoms. The van der Waals surface area contributed by atoms with Crippen molar-refractivity contribution in [2.24, 2.45) is 0 Å². The minimum Gasteiger partial charge on any atom is -0.374 e. The predicted molar refractivity (Wildman–Crippen MR) is 85.8 cm³/mol. The topological polar surface area (TPSA) is 76.4 Å². The van der Waals surface area contributed by atoms with Gasteiger partial charge in [-0.3, -0.25) is 19.8 Å². The second-order valence-electron chi connectivity index (χ2n) is 5.46. The maximum Gasteiger partial charge on any atom is 0.269 e. The molecule has 1 heterocycles. The number of carbonyl (C=O) groups is 2. The number of hydrogen-bond donors (Lipinski definition) is 1. The lowest BCUT2D eigenvalue weighted by molar-refractivity contribution is -0.126. The Labute approximate surface area is 136 Å². The van der Waals surface area contributed by atoms with E-state index in [4.69, 9.17) is 5.26 Å². The number of nitrogens with zero attached hydrogens (tertiary/aromatic N) is 3. The molecular weight excluding hydrogens is 292 g/mol. The first-order valence-electron chi connectivity index (χ1n) is 7.52. The number of imide groups is 1. The minimum atomic E-state index is -0.647. The zero-order valence-corrected chi connectivity index (χ0v) is 13.2. The molecule has 0 aromatic heterocycles. The van der Waals surface area contributed by atoms with Crippen LogP contribution in [-0.2, 0) is 16.1 Å². The number of hydrogen-bond acceptors (Lipinski definition) is 5. The fourth-order valence-corrected chi connectivity index (χ4v) is 2.44. The SMILES string of the molecule is CC(=O)NC(=O)/C(C#N)=C/N1CCN(Cc2ccccc2)CC1. The molecular formula is C17H20N4O2. The lowest BCUT2D eigenvalue weighted by Gasteiger charge is -2.34. The van der Waals surface area contributed by atoms with Gasteiger partial charge in [0.15, 0.2) is 0 Å². The van der Waals surface area contributed by atoms with Crippen LogP contribution in [0.25, 0.3) is 0 Å². The summed E-state index contributed by atoms with van der Waals surface area (Å²) < 4.78 is 0. The van der Waals surface area contributed by atoms with Gasteiger partial charge in [0.05, 0.1) is 0 Å². The maximum atomic E-state index is 11.7. The number of piperazine rings is 1. The van der Waals surface area contributed by atoms with Crippen LogP contribution in [-0.4, -0.2) is 47.8 Å². The summed E-state index contributed by atoms with van der Waals surface area (Å²) in [6, 6.07) is 12.1. The Hall–Kier alpha value is -2.65. The highest BCUT2D eigenvalue weighted by atomic mass is 16.2. The Bertz CT molecular complexity index is 626. The van der Waals surface area contributed by atoms with E-state index in [1.165, 1.54) is 18.7 Å². The Morgan fingerprint density at radius 1 is 1.22 bits per heavy atom. The number of amides is 2. The van der Waals surface area contributed by atoms with Crippen LogP contribution in [0.3, 0.4) is 0 Å². The molecule has 0 atom stereocenters. The fourth-order valence-electron chi connectivity index (χ4n) is 2.44. The van der Waals surface area contributed by atoms with Crippen LogP contribution in [0.4, 0.5) is 0 Å². The third-order valence-electron chi connectivity index (χ3n) is 3.62. The van der Waals surface area contributed by atoms with Crippen molar-refractivity contribution in [3.05, 3.63) is 47.7 Å². The molecule has 1 fully saturated rings. The molecule has 1 N–H and O–H groups in total. The van der Waals surface area contributed by atoms with Crippen molar-refractivity contribution in [3.8, 4) is 6.07 Å². The van der Waals surface area contributed by atoms with Gasteiger partial charge in [0.2, 0.25) is 5.91 Å². The van der Waals surface area contributed by atoms with E-state index in [1.807, 2.05) is 29.2 Å². The number of carbonyl (C=O) groups excluding carboxylic acids is 2. The van der Waals surface area contributed by atoms with Crippen LogP contribution in [0, 0.1) is 11.3 Å². The molecule has 0 unspecified atom stereocenters. The average Bonchev–Trinajstić information content (AvgIpc) is 2.54. The van der Waals surface area contributed by atoms with Crippen molar-refractivity contribution in [2.45, 2.75) is 13.5 Å². The molecule has 1 aliphatic rings. The smallest absolute Gasteiger partial charge is 0.269 e. The predicted octanol–water partition coefficient (Wildman–Crippen LogP) is 0.874. The lowest BCUT2D eigenvalue weighted by Crippen LogP contribution is -2.44. The van der Waals surface area contributed by atoms with E-state index >= 15 is 0 Å². The van der Waals surface area contributed by atoms with Gasteiger partial charge in [-0.2, -0.15) is 5.26 Å². The Morgan fingerprint density at radius 3 is 2.43 bits per heavy atom. The molecule has 6 heteroatoms. The molecule has 1 aromatic carbocycles. The van der Waals surface area contributed by atoms with Gasteiger partial charge in [-0.25, -0.2) is 0 Å². The number of benzene rings is 1. The van der Waals surface area contributed by atoms with E-state index in [0.29, 0.717) is 0 Å². The second kappa shape index (κ2) is 8.11. The standard InChI is InChI=1S/C17H20N4O2/c1-14(22)19-17(23)16(11-18)13-21-9-7-20(8-10-21)12-15-5-3-2-4-6-15/h2-6,13H,7-10,12H2,1H3,(H,19,22,23)/b16-13+. The normalized spacial score (nSPS) is 15.8. The molecule has 120 valence electrons. The van der Waals surface area contributed by atoms with Gasteiger partial charge in [0.25, 0.3) is 5.91 Å². The Morgan fingerprint density at radius 2 is 1.87 bits per heavy atom. The molecule has 2 amide bonds. The van der Waals surface area contributed by atoms with Crippen LogP contribution in [0.5, 0.6) is 0 Å². The quantitative estimate of drug-likeness (QED) is 0.659. The highest BCUT2D eigenvalue weighted by molar-refractivity contribution is 6.05.